The van der Waals surface area contributed by atoms with E-state index in [1.807, 2.05) is 6.92 Å². The summed E-state index contributed by atoms with van der Waals surface area (Å²) in [6.45, 7) is 1.93. The lowest BCUT2D eigenvalue weighted by Crippen LogP contribution is -2.36. The van der Waals surface area contributed by atoms with E-state index in [-0.39, 0.29) is 24.1 Å². The van der Waals surface area contributed by atoms with E-state index in [0.717, 1.165) is 6.42 Å². The highest BCUT2D eigenvalue weighted by Crippen LogP contribution is 2.10. The monoisotopic (exact) mass is 251 g/mol. The number of carbonyl (C=O) groups excluding carboxylic acids is 1. The summed E-state index contributed by atoms with van der Waals surface area (Å²) in [6, 6.07) is 5.46. The van der Waals surface area contributed by atoms with Crippen LogP contribution in [0.15, 0.2) is 24.3 Å². The summed E-state index contributed by atoms with van der Waals surface area (Å²) >= 11 is 0. The Morgan fingerprint density at radius 2 is 1.89 bits per heavy atom. The average molecular weight is 251 g/mol. The van der Waals surface area contributed by atoms with Gasteiger partial charge in [0.15, 0.2) is 0 Å². The van der Waals surface area contributed by atoms with Gasteiger partial charge >= 0.3 is 5.97 Å². The molecule has 1 amide bonds. The highest BCUT2D eigenvalue weighted by Gasteiger charge is 2.16. The third-order valence-electron chi connectivity index (χ3n) is 2.52. The highest BCUT2D eigenvalue weighted by atomic mass is 16.4. The number of aliphatic carboxylic acids is 1. The Labute approximate surface area is 105 Å². The molecule has 18 heavy (non-hydrogen) atoms. The number of carbonyl (C=O) groups is 2. The maximum Gasteiger partial charge on any atom is 0.305 e. The SMILES string of the molecule is CCCC(CC(=O)O)NC(=O)c1ccc(O)cc1. The molecule has 0 fully saturated rings. The first kappa shape index (κ1) is 14.0. The lowest BCUT2D eigenvalue weighted by molar-refractivity contribution is -0.137. The number of carboxylic acid groups (broad SMARTS) is 1. The average Bonchev–Trinajstić information content (AvgIpc) is 2.29. The second-order valence-electron chi connectivity index (χ2n) is 4.10. The molecule has 0 aliphatic heterocycles. The summed E-state index contributed by atoms with van der Waals surface area (Å²) in [7, 11) is 0. The van der Waals surface area contributed by atoms with E-state index in [4.69, 9.17) is 10.2 Å². The van der Waals surface area contributed by atoms with Crippen LogP contribution >= 0.6 is 0 Å². The molecule has 0 aromatic heterocycles. The molecule has 0 bridgehead atoms. The molecule has 5 heteroatoms. The number of hydrogen-bond acceptors (Lipinski definition) is 3. The molecule has 1 rings (SSSR count). The molecule has 0 radical (unpaired) electrons. The molecule has 0 aliphatic rings. The predicted molar refractivity (Wildman–Crippen MR) is 66.5 cm³/mol. The Morgan fingerprint density at radius 3 is 2.39 bits per heavy atom. The van der Waals surface area contributed by atoms with Gasteiger partial charge in [0.05, 0.1) is 6.42 Å². The summed E-state index contributed by atoms with van der Waals surface area (Å²) in [5.41, 5.74) is 0.402. The zero-order valence-corrected chi connectivity index (χ0v) is 10.2. The number of aromatic hydroxyl groups is 1. The van der Waals surface area contributed by atoms with Crippen LogP contribution in [0.5, 0.6) is 5.75 Å². The fourth-order valence-electron chi connectivity index (χ4n) is 1.67. The van der Waals surface area contributed by atoms with Crippen LogP contribution in [0.25, 0.3) is 0 Å². The quantitative estimate of drug-likeness (QED) is 0.719. The van der Waals surface area contributed by atoms with Gasteiger partial charge in [-0.2, -0.15) is 0 Å². The Bertz CT molecular complexity index is 414. The van der Waals surface area contributed by atoms with Crippen molar-refractivity contribution in [1.82, 2.24) is 5.32 Å². The number of benzene rings is 1. The third-order valence-corrected chi connectivity index (χ3v) is 2.52. The number of hydrogen-bond donors (Lipinski definition) is 3. The van der Waals surface area contributed by atoms with Gasteiger partial charge in [-0.05, 0) is 30.7 Å². The van der Waals surface area contributed by atoms with Gasteiger partial charge in [0, 0.05) is 11.6 Å². The van der Waals surface area contributed by atoms with Crippen LogP contribution in [0.1, 0.15) is 36.5 Å². The van der Waals surface area contributed by atoms with Gasteiger partial charge in [-0.1, -0.05) is 13.3 Å². The van der Waals surface area contributed by atoms with E-state index in [9.17, 15) is 9.59 Å². The topological polar surface area (TPSA) is 86.6 Å². The molecule has 0 heterocycles. The van der Waals surface area contributed by atoms with Crippen LogP contribution < -0.4 is 5.32 Å². The summed E-state index contributed by atoms with van der Waals surface area (Å²) in [5.74, 6) is -1.17. The Kier molecular flexibility index (Phi) is 5.17. The van der Waals surface area contributed by atoms with Crippen molar-refractivity contribution in [2.24, 2.45) is 0 Å². The normalized spacial score (nSPS) is 11.8. The molecule has 98 valence electrons. The van der Waals surface area contributed by atoms with Gasteiger partial charge in [0.2, 0.25) is 0 Å². The number of carboxylic acids is 1. The number of phenolic OH excluding ortho intramolecular Hbond substituents is 1. The minimum atomic E-state index is -0.931. The zero-order valence-electron chi connectivity index (χ0n) is 10.2. The molecule has 1 unspecified atom stereocenters. The van der Waals surface area contributed by atoms with Crippen LogP contribution in [0, 0.1) is 0 Å². The van der Waals surface area contributed by atoms with E-state index in [0.29, 0.717) is 12.0 Å². The molecule has 1 atom stereocenters. The predicted octanol–water partition coefficient (Wildman–Crippen LogP) is 1.77. The summed E-state index contributed by atoms with van der Waals surface area (Å²) in [6.07, 6.45) is 1.33. The van der Waals surface area contributed by atoms with Crippen LogP contribution in [0.4, 0.5) is 0 Å². The van der Waals surface area contributed by atoms with Gasteiger partial charge in [-0.3, -0.25) is 9.59 Å². The first-order valence-corrected chi connectivity index (χ1v) is 5.84. The van der Waals surface area contributed by atoms with Crippen molar-refractivity contribution >= 4 is 11.9 Å². The maximum absolute atomic E-state index is 11.8. The molecule has 3 N–H and O–H groups in total. The first-order chi connectivity index (χ1) is 8.52. The summed E-state index contributed by atoms with van der Waals surface area (Å²) in [4.78, 5) is 22.5. The molecule has 1 aromatic rings. The minimum Gasteiger partial charge on any atom is -0.508 e. The van der Waals surface area contributed by atoms with Crippen LogP contribution in [-0.2, 0) is 4.79 Å². The fraction of sp³-hybridized carbons (Fsp3) is 0.385. The number of phenols is 1. The zero-order chi connectivity index (χ0) is 13.5. The lowest BCUT2D eigenvalue weighted by atomic mass is 10.1. The van der Waals surface area contributed by atoms with Crippen molar-refractivity contribution in [3.63, 3.8) is 0 Å². The Morgan fingerprint density at radius 1 is 1.28 bits per heavy atom. The van der Waals surface area contributed by atoms with Gasteiger partial charge < -0.3 is 15.5 Å². The maximum atomic E-state index is 11.8. The van der Waals surface area contributed by atoms with Gasteiger partial charge in [0.1, 0.15) is 5.75 Å². The molecule has 5 nitrogen and oxygen atoms in total. The molecule has 0 saturated carbocycles. The Balaban J connectivity index is 2.65. The van der Waals surface area contributed by atoms with Crippen molar-refractivity contribution < 1.29 is 19.8 Å². The van der Waals surface area contributed by atoms with Gasteiger partial charge in [-0.25, -0.2) is 0 Å². The van der Waals surface area contributed by atoms with Crippen molar-refractivity contribution in [1.29, 1.82) is 0 Å². The van der Waals surface area contributed by atoms with E-state index >= 15 is 0 Å². The fourth-order valence-corrected chi connectivity index (χ4v) is 1.67. The third kappa shape index (κ3) is 4.45. The van der Waals surface area contributed by atoms with Gasteiger partial charge in [-0.15, -0.1) is 0 Å². The second kappa shape index (κ2) is 6.64. The first-order valence-electron chi connectivity index (χ1n) is 5.84. The molecule has 0 saturated heterocycles. The smallest absolute Gasteiger partial charge is 0.305 e. The highest BCUT2D eigenvalue weighted by molar-refractivity contribution is 5.94. The van der Waals surface area contributed by atoms with Crippen LogP contribution in [0.3, 0.4) is 0 Å². The van der Waals surface area contributed by atoms with E-state index in [1.54, 1.807) is 0 Å². The van der Waals surface area contributed by atoms with Gasteiger partial charge in [0.25, 0.3) is 5.91 Å². The van der Waals surface area contributed by atoms with Crippen molar-refractivity contribution in [3.05, 3.63) is 29.8 Å². The minimum absolute atomic E-state index is 0.0854. The number of nitrogens with one attached hydrogen (secondary N) is 1. The molecule has 1 aromatic carbocycles. The summed E-state index contributed by atoms with van der Waals surface area (Å²) < 4.78 is 0. The Hall–Kier alpha value is -2.04. The number of rotatable bonds is 6. The van der Waals surface area contributed by atoms with Crippen molar-refractivity contribution in [2.45, 2.75) is 32.2 Å². The molecular formula is C13H17NO4. The molecular weight excluding hydrogens is 234 g/mol. The lowest BCUT2D eigenvalue weighted by Gasteiger charge is -2.16. The molecule has 0 spiro atoms. The second-order valence-corrected chi connectivity index (χ2v) is 4.10. The van der Waals surface area contributed by atoms with Crippen molar-refractivity contribution in [3.8, 4) is 5.75 Å². The van der Waals surface area contributed by atoms with Crippen molar-refractivity contribution in [2.75, 3.05) is 0 Å². The summed E-state index contributed by atoms with van der Waals surface area (Å²) in [5, 5.41) is 20.5. The standard InChI is InChI=1S/C13H17NO4/c1-2-3-10(8-12(16)17)14-13(18)9-4-6-11(15)7-5-9/h4-7,10,15H,2-3,8H2,1H3,(H,14,18)(H,16,17). The van der Waals surface area contributed by atoms with E-state index in [1.165, 1.54) is 24.3 Å². The van der Waals surface area contributed by atoms with Crippen LogP contribution in [0.2, 0.25) is 0 Å². The number of amides is 1. The molecule has 0 aliphatic carbocycles. The van der Waals surface area contributed by atoms with E-state index in [2.05, 4.69) is 5.32 Å². The van der Waals surface area contributed by atoms with Crippen LogP contribution in [-0.4, -0.2) is 28.1 Å². The largest absolute Gasteiger partial charge is 0.508 e. The van der Waals surface area contributed by atoms with E-state index < -0.39 is 5.97 Å².